The molecule has 8 heteroatoms. The summed E-state index contributed by atoms with van der Waals surface area (Å²) < 4.78 is 1.52. The first-order valence-electron chi connectivity index (χ1n) is 9.71. The number of azo groups is 1. The van der Waals surface area contributed by atoms with Crippen LogP contribution in [0.3, 0.4) is 0 Å². The lowest BCUT2D eigenvalue weighted by molar-refractivity contribution is 0.481. The smallest absolute Gasteiger partial charge is 0.287 e. The lowest BCUT2D eigenvalue weighted by Gasteiger charge is -2.12. The molecule has 0 radical (unpaired) electrons. The van der Waals surface area contributed by atoms with Crippen LogP contribution in [0.15, 0.2) is 75.7 Å². The highest BCUT2D eigenvalue weighted by atomic mass is 16.3. The summed E-state index contributed by atoms with van der Waals surface area (Å²) in [6.07, 6.45) is 0. The van der Waals surface area contributed by atoms with Crippen LogP contribution in [0.1, 0.15) is 11.3 Å². The van der Waals surface area contributed by atoms with Crippen molar-refractivity contribution in [1.29, 1.82) is 0 Å². The van der Waals surface area contributed by atoms with Gasteiger partial charge < -0.3 is 5.11 Å². The van der Waals surface area contributed by atoms with Gasteiger partial charge in [0.25, 0.3) is 5.56 Å². The number of aromatic amines is 1. The molecule has 2 N–H and O–H groups in total. The molecule has 0 amide bonds. The molecule has 152 valence electrons. The standard InChI is InChI=1S/C23H18N6O2/c1-13-12-14(2)24-21-18(13)22(28-26-21)27-25-19-20(30)16-10-6-7-11-17(16)29(23(19)31)15-8-4-3-5-9-15/h3-12,30H,1-2H3,(H,24,26,28). The number of aromatic nitrogens is 4. The molecular weight excluding hydrogens is 392 g/mol. The van der Waals surface area contributed by atoms with E-state index in [1.165, 1.54) is 4.57 Å². The van der Waals surface area contributed by atoms with Crippen LogP contribution in [0.4, 0.5) is 11.5 Å². The Labute approximate surface area is 176 Å². The normalized spacial score (nSPS) is 11.7. The number of hydrogen-bond donors (Lipinski definition) is 2. The fourth-order valence-corrected chi connectivity index (χ4v) is 3.76. The van der Waals surface area contributed by atoms with Gasteiger partial charge in [-0.25, -0.2) is 4.98 Å². The Morgan fingerprint density at radius 3 is 2.55 bits per heavy atom. The molecule has 31 heavy (non-hydrogen) atoms. The van der Waals surface area contributed by atoms with Crippen molar-refractivity contribution in [3.8, 4) is 11.4 Å². The highest BCUT2D eigenvalue weighted by molar-refractivity contribution is 5.91. The molecule has 0 fully saturated rings. The van der Waals surface area contributed by atoms with E-state index in [4.69, 9.17) is 0 Å². The van der Waals surface area contributed by atoms with Crippen molar-refractivity contribution in [2.75, 3.05) is 0 Å². The Bertz CT molecular complexity index is 1530. The van der Waals surface area contributed by atoms with Crippen LogP contribution in [-0.2, 0) is 0 Å². The number of aromatic hydroxyl groups is 1. The average molecular weight is 410 g/mol. The molecule has 0 aliphatic carbocycles. The molecule has 0 saturated heterocycles. The van der Waals surface area contributed by atoms with Gasteiger partial charge >= 0.3 is 0 Å². The second kappa shape index (κ2) is 7.17. The molecule has 0 aliphatic heterocycles. The van der Waals surface area contributed by atoms with Gasteiger partial charge in [0.1, 0.15) is 0 Å². The number of para-hydroxylation sites is 2. The van der Waals surface area contributed by atoms with Gasteiger partial charge in [-0.3, -0.25) is 14.5 Å². The van der Waals surface area contributed by atoms with Crippen LogP contribution < -0.4 is 5.56 Å². The van der Waals surface area contributed by atoms with Gasteiger partial charge in [-0.1, -0.05) is 30.3 Å². The molecule has 0 saturated carbocycles. The van der Waals surface area contributed by atoms with Gasteiger partial charge in [0, 0.05) is 16.8 Å². The molecule has 0 unspecified atom stereocenters. The van der Waals surface area contributed by atoms with Crippen molar-refractivity contribution in [2.24, 2.45) is 10.2 Å². The van der Waals surface area contributed by atoms with Crippen molar-refractivity contribution < 1.29 is 5.11 Å². The fraction of sp³-hybridized carbons (Fsp3) is 0.0870. The third kappa shape index (κ3) is 3.05. The van der Waals surface area contributed by atoms with Crippen LogP contribution in [0, 0.1) is 13.8 Å². The molecule has 3 heterocycles. The van der Waals surface area contributed by atoms with E-state index < -0.39 is 5.56 Å². The summed E-state index contributed by atoms with van der Waals surface area (Å²) >= 11 is 0. The van der Waals surface area contributed by atoms with E-state index in [-0.39, 0.29) is 11.4 Å². The van der Waals surface area contributed by atoms with E-state index in [9.17, 15) is 9.90 Å². The predicted molar refractivity (Wildman–Crippen MR) is 119 cm³/mol. The molecule has 8 nitrogen and oxygen atoms in total. The summed E-state index contributed by atoms with van der Waals surface area (Å²) in [5.74, 6) is 0.157. The number of pyridine rings is 2. The monoisotopic (exact) mass is 410 g/mol. The minimum atomic E-state index is -0.472. The molecule has 0 atom stereocenters. The third-order valence-corrected chi connectivity index (χ3v) is 5.12. The van der Waals surface area contributed by atoms with Crippen molar-refractivity contribution >= 4 is 33.4 Å². The molecule has 3 aromatic heterocycles. The zero-order valence-corrected chi connectivity index (χ0v) is 16.9. The molecular formula is C23H18N6O2. The summed E-state index contributed by atoms with van der Waals surface area (Å²) in [6, 6.07) is 18.3. The van der Waals surface area contributed by atoms with E-state index in [1.54, 1.807) is 18.2 Å². The highest BCUT2D eigenvalue weighted by Gasteiger charge is 2.18. The van der Waals surface area contributed by atoms with E-state index in [0.717, 1.165) is 16.6 Å². The molecule has 5 aromatic rings. The van der Waals surface area contributed by atoms with Gasteiger partial charge in [-0.2, -0.15) is 5.10 Å². The second-order valence-corrected chi connectivity index (χ2v) is 7.24. The van der Waals surface area contributed by atoms with Crippen LogP contribution in [0.2, 0.25) is 0 Å². The second-order valence-electron chi connectivity index (χ2n) is 7.24. The molecule has 5 rings (SSSR count). The number of aryl methyl sites for hydroxylation is 2. The van der Waals surface area contributed by atoms with Crippen LogP contribution >= 0.6 is 0 Å². The van der Waals surface area contributed by atoms with Crippen molar-refractivity contribution in [3.63, 3.8) is 0 Å². The summed E-state index contributed by atoms with van der Waals surface area (Å²) in [4.78, 5) is 17.7. The minimum absolute atomic E-state index is 0.150. The Kier molecular flexibility index (Phi) is 4.32. The number of nitrogens with zero attached hydrogens (tertiary/aromatic N) is 5. The van der Waals surface area contributed by atoms with Gasteiger partial charge in [0.05, 0.1) is 10.9 Å². The Balaban J connectivity index is 1.74. The zero-order valence-electron chi connectivity index (χ0n) is 16.9. The zero-order chi connectivity index (χ0) is 21.5. The number of benzene rings is 2. The van der Waals surface area contributed by atoms with Crippen LogP contribution in [0.5, 0.6) is 5.75 Å². The maximum Gasteiger partial charge on any atom is 0.287 e. The quantitative estimate of drug-likeness (QED) is 0.408. The van der Waals surface area contributed by atoms with Gasteiger partial charge in [-0.15, -0.1) is 10.2 Å². The first-order valence-corrected chi connectivity index (χ1v) is 9.71. The Morgan fingerprint density at radius 2 is 1.74 bits per heavy atom. The SMILES string of the molecule is Cc1cc(C)c2c(N=Nc3c(O)c4ccccc4n(-c4ccccc4)c3=O)[nH]nc2n1. The van der Waals surface area contributed by atoms with Crippen LogP contribution in [0.25, 0.3) is 27.6 Å². The molecule has 0 aliphatic rings. The van der Waals surface area contributed by atoms with E-state index >= 15 is 0 Å². The van der Waals surface area contributed by atoms with Crippen molar-refractivity contribution in [3.05, 3.63) is 82.3 Å². The molecule has 0 spiro atoms. The summed E-state index contributed by atoms with van der Waals surface area (Å²) in [6.45, 7) is 3.82. The fourth-order valence-electron chi connectivity index (χ4n) is 3.76. The van der Waals surface area contributed by atoms with Crippen molar-refractivity contribution in [2.45, 2.75) is 13.8 Å². The maximum absolute atomic E-state index is 13.3. The number of rotatable bonds is 3. The lowest BCUT2D eigenvalue weighted by atomic mass is 10.1. The summed E-state index contributed by atoms with van der Waals surface area (Å²) in [5.41, 5.74) is 2.94. The number of hydrogen-bond acceptors (Lipinski definition) is 6. The van der Waals surface area contributed by atoms with E-state index in [0.29, 0.717) is 28.1 Å². The topological polar surface area (TPSA) is 109 Å². The first kappa shape index (κ1) is 18.7. The van der Waals surface area contributed by atoms with E-state index in [1.807, 2.05) is 56.3 Å². The highest BCUT2D eigenvalue weighted by Crippen LogP contribution is 2.34. The lowest BCUT2D eigenvalue weighted by Crippen LogP contribution is -2.18. The number of H-pyrrole nitrogens is 1. The third-order valence-electron chi connectivity index (χ3n) is 5.12. The van der Waals surface area contributed by atoms with E-state index in [2.05, 4.69) is 25.4 Å². The Morgan fingerprint density at radius 1 is 1.00 bits per heavy atom. The van der Waals surface area contributed by atoms with Gasteiger partial charge in [0.2, 0.25) is 0 Å². The largest absolute Gasteiger partial charge is 0.505 e. The number of fused-ring (bicyclic) bond motifs is 2. The van der Waals surface area contributed by atoms with Gasteiger partial charge in [0.15, 0.2) is 22.9 Å². The summed E-state index contributed by atoms with van der Waals surface area (Å²) in [7, 11) is 0. The molecule has 0 bridgehead atoms. The number of nitrogens with one attached hydrogen (secondary N) is 1. The molecule has 2 aromatic carbocycles. The average Bonchev–Trinajstić information content (AvgIpc) is 3.17. The summed E-state index contributed by atoms with van der Waals surface area (Å²) in [5, 5.41) is 27.4. The van der Waals surface area contributed by atoms with Crippen molar-refractivity contribution in [1.82, 2.24) is 19.7 Å². The first-order chi connectivity index (χ1) is 15.0. The van der Waals surface area contributed by atoms with Crippen LogP contribution in [-0.4, -0.2) is 24.9 Å². The predicted octanol–water partition coefficient (Wildman–Crippen LogP) is 5.00. The minimum Gasteiger partial charge on any atom is -0.505 e. The Hall–Kier alpha value is -4.33. The maximum atomic E-state index is 13.3. The van der Waals surface area contributed by atoms with Gasteiger partial charge in [-0.05, 0) is 49.7 Å².